The molecule has 0 aromatic heterocycles. The molecule has 0 spiro atoms. The van der Waals surface area contributed by atoms with Crippen molar-refractivity contribution in [3.05, 3.63) is 77.2 Å². The predicted octanol–water partition coefficient (Wildman–Crippen LogP) is 2.25. The van der Waals surface area contributed by atoms with E-state index in [1.165, 1.54) is 27.8 Å². The second-order valence-corrected chi connectivity index (χ2v) is 6.58. The minimum atomic E-state index is -0.0690. The van der Waals surface area contributed by atoms with Crippen molar-refractivity contribution in [3.8, 4) is 0 Å². The Kier molecular flexibility index (Phi) is 6.91. The smallest absolute Gasteiger partial charge is 0.244 e. The highest BCUT2D eigenvalue weighted by molar-refractivity contribution is 8.02. The van der Waals surface area contributed by atoms with Gasteiger partial charge in [0.1, 0.15) is 6.54 Å². The van der Waals surface area contributed by atoms with E-state index in [1.807, 2.05) is 47.9 Å². The molecule has 0 aliphatic heterocycles. The van der Waals surface area contributed by atoms with E-state index < -0.39 is 0 Å². The predicted molar refractivity (Wildman–Crippen MR) is 96.2 cm³/mol. The van der Waals surface area contributed by atoms with E-state index in [9.17, 15) is 4.79 Å². The van der Waals surface area contributed by atoms with Gasteiger partial charge in [-0.2, -0.15) is 0 Å². The lowest BCUT2D eigenvalue weighted by atomic mass is 10.1. The number of thioether (sulfide) groups is 1. The van der Waals surface area contributed by atoms with Crippen LogP contribution in [-0.4, -0.2) is 20.0 Å². The van der Waals surface area contributed by atoms with Crippen LogP contribution in [0.4, 0.5) is 0 Å². The quantitative estimate of drug-likeness (QED) is 0.604. The van der Waals surface area contributed by atoms with Crippen LogP contribution in [0.15, 0.2) is 71.0 Å². The van der Waals surface area contributed by atoms with Crippen LogP contribution in [0.3, 0.4) is 0 Å². The van der Waals surface area contributed by atoms with Gasteiger partial charge in [0.15, 0.2) is 0 Å². The van der Waals surface area contributed by atoms with Gasteiger partial charge in [-0.1, -0.05) is 54.2 Å². The van der Waals surface area contributed by atoms with Crippen LogP contribution < -0.4 is 10.2 Å². The summed E-state index contributed by atoms with van der Waals surface area (Å²) in [5.41, 5.74) is 2.45. The second kappa shape index (κ2) is 9.18. The molecule has 0 saturated carbocycles. The second-order valence-electron chi connectivity index (χ2n) is 5.60. The number of carbonyl (C=O) groups excluding carboxylic acids is 1. The molecule has 0 saturated heterocycles. The zero-order valence-electron chi connectivity index (χ0n) is 13.6. The summed E-state index contributed by atoms with van der Waals surface area (Å²) in [5.74, 6) is -0.0690. The maximum absolute atomic E-state index is 11.9. The molecule has 2 aromatic carbocycles. The molecular weight excluding hydrogens is 304 g/mol. The molecule has 4 heteroatoms. The summed E-state index contributed by atoms with van der Waals surface area (Å²) in [6.07, 6.45) is 1.58. The Bertz CT molecular complexity index is 653. The monoisotopic (exact) mass is 327 g/mol. The first-order valence-electron chi connectivity index (χ1n) is 7.67. The summed E-state index contributed by atoms with van der Waals surface area (Å²) < 4.78 is 0. The van der Waals surface area contributed by atoms with Crippen LogP contribution in [0.1, 0.15) is 11.1 Å². The maximum Gasteiger partial charge on any atom is 0.244 e. The van der Waals surface area contributed by atoms with Crippen molar-refractivity contribution >= 4 is 17.7 Å². The zero-order chi connectivity index (χ0) is 16.5. The number of benzene rings is 2. The molecule has 2 rings (SSSR count). The molecule has 0 unspecified atom stereocenters. The minimum Gasteiger partial charge on any atom is -0.348 e. The zero-order valence-corrected chi connectivity index (χ0v) is 14.4. The van der Waals surface area contributed by atoms with E-state index in [2.05, 4.69) is 31.5 Å². The SMILES string of the molecule is C[NH+](C)Cc1ccccc1CNC(=O)/C=C/Sc1ccccc1. The van der Waals surface area contributed by atoms with Crippen molar-refractivity contribution in [2.45, 2.75) is 18.0 Å². The molecule has 0 bridgehead atoms. The van der Waals surface area contributed by atoms with Crippen molar-refractivity contribution < 1.29 is 9.69 Å². The van der Waals surface area contributed by atoms with E-state index in [1.54, 1.807) is 6.08 Å². The van der Waals surface area contributed by atoms with Crippen LogP contribution in [-0.2, 0) is 17.9 Å². The minimum absolute atomic E-state index is 0.0690. The topological polar surface area (TPSA) is 33.5 Å². The first-order chi connectivity index (χ1) is 11.1. The summed E-state index contributed by atoms with van der Waals surface area (Å²) in [6.45, 7) is 1.51. The average molecular weight is 327 g/mol. The first kappa shape index (κ1) is 17.3. The van der Waals surface area contributed by atoms with E-state index in [0.29, 0.717) is 6.54 Å². The van der Waals surface area contributed by atoms with Crippen molar-refractivity contribution in [3.63, 3.8) is 0 Å². The van der Waals surface area contributed by atoms with Crippen molar-refractivity contribution in [1.82, 2.24) is 5.32 Å². The van der Waals surface area contributed by atoms with Gasteiger partial charge in [-0.3, -0.25) is 4.79 Å². The van der Waals surface area contributed by atoms with E-state index >= 15 is 0 Å². The molecule has 120 valence electrons. The van der Waals surface area contributed by atoms with Gasteiger partial charge >= 0.3 is 0 Å². The van der Waals surface area contributed by atoms with Gasteiger partial charge in [0.25, 0.3) is 0 Å². The van der Waals surface area contributed by atoms with Crippen molar-refractivity contribution in [2.75, 3.05) is 14.1 Å². The lowest BCUT2D eigenvalue weighted by Gasteiger charge is -2.12. The van der Waals surface area contributed by atoms with Gasteiger partial charge in [-0.05, 0) is 23.1 Å². The number of hydrogen-bond acceptors (Lipinski definition) is 2. The van der Waals surface area contributed by atoms with E-state index in [-0.39, 0.29) is 5.91 Å². The lowest BCUT2D eigenvalue weighted by molar-refractivity contribution is -0.872. The van der Waals surface area contributed by atoms with Gasteiger partial charge in [0.2, 0.25) is 5.91 Å². The third-order valence-electron chi connectivity index (χ3n) is 3.28. The third kappa shape index (κ3) is 6.30. The number of nitrogens with one attached hydrogen (secondary N) is 2. The molecule has 3 nitrogen and oxygen atoms in total. The molecule has 0 fully saturated rings. The number of carbonyl (C=O) groups is 1. The summed E-state index contributed by atoms with van der Waals surface area (Å²) in [6, 6.07) is 18.2. The van der Waals surface area contributed by atoms with Gasteiger partial charge < -0.3 is 10.2 Å². The number of hydrogen-bond donors (Lipinski definition) is 2. The molecule has 0 aliphatic carbocycles. The normalized spacial score (nSPS) is 11.1. The molecule has 2 aromatic rings. The molecule has 0 aliphatic rings. The fourth-order valence-electron chi connectivity index (χ4n) is 2.20. The van der Waals surface area contributed by atoms with Gasteiger partial charge in [-0.15, -0.1) is 0 Å². The standard InChI is InChI=1S/C19H22N2OS/c1-21(2)15-17-9-7-6-8-16(17)14-20-19(22)12-13-23-18-10-4-3-5-11-18/h3-13H,14-15H2,1-2H3,(H,20,22)/p+1/b13-12+. The largest absolute Gasteiger partial charge is 0.348 e. The van der Waals surface area contributed by atoms with Crippen LogP contribution in [0.2, 0.25) is 0 Å². The molecule has 2 N–H and O–H groups in total. The third-order valence-corrected chi connectivity index (χ3v) is 4.10. The van der Waals surface area contributed by atoms with Gasteiger partial charge in [0, 0.05) is 23.1 Å². The Morgan fingerprint density at radius 1 is 1.04 bits per heavy atom. The molecular formula is C19H23N2OS+. The Labute approximate surface area is 142 Å². The van der Waals surface area contributed by atoms with Gasteiger partial charge in [-0.25, -0.2) is 0 Å². The Morgan fingerprint density at radius 2 is 1.70 bits per heavy atom. The van der Waals surface area contributed by atoms with Crippen LogP contribution >= 0.6 is 11.8 Å². The van der Waals surface area contributed by atoms with Crippen LogP contribution in [0.25, 0.3) is 0 Å². The summed E-state index contributed by atoms with van der Waals surface area (Å²) >= 11 is 1.54. The van der Waals surface area contributed by atoms with E-state index in [4.69, 9.17) is 0 Å². The molecule has 0 heterocycles. The molecule has 0 radical (unpaired) electrons. The van der Waals surface area contributed by atoms with Crippen LogP contribution in [0.5, 0.6) is 0 Å². The fraction of sp³-hybridized carbons (Fsp3) is 0.211. The Balaban J connectivity index is 1.85. The Hall–Kier alpha value is -2.04. The first-order valence-corrected chi connectivity index (χ1v) is 8.55. The Morgan fingerprint density at radius 3 is 2.39 bits per heavy atom. The highest BCUT2D eigenvalue weighted by Crippen LogP contribution is 2.17. The highest BCUT2D eigenvalue weighted by atomic mass is 32.2. The summed E-state index contributed by atoms with van der Waals surface area (Å²) in [5, 5.41) is 4.77. The highest BCUT2D eigenvalue weighted by Gasteiger charge is 2.05. The van der Waals surface area contributed by atoms with Crippen molar-refractivity contribution in [2.24, 2.45) is 0 Å². The molecule has 1 amide bonds. The van der Waals surface area contributed by atoms with Gasteiger partial charge in [0.05, 0.1) is 14.1 Å². The fourth-order valence-corrected chi connectivity index (χ4v) is 2.86. The van der Waals surface area contributed by atoms with E-state index in [0.717, 1.165) is 11.4 Å². The van der Waals surface area contributed by atoms with Crippen molar-refractivity contribution in [1.29, 1.82) is 0 Å². The number of quaternary nitrogens is 1. The number of rotatable bonds is 7. The summed E-state index contributed by atoms with van der Waals surface area (Å²) in [7, 11) is 4.25. The maximum atomic E-state index is 11.9. The van der Waals surface area contributed by atoms with Crippen LogP contribution in [0, 0.1) is 0 Å². The molecule has 0 atom stereocenters. The molecule has 23 heavy (non-hydrogen) atoms. The lowest BCUT2D eigenvalue weighted by Crippen LogP contribution is -3.04. The summed E-state index contributed by atoms with van der Waals surface area (Å²) in [4.78, 5) is 14.4. The number of amides is 1. The average Bonchev–Trinajstić information content (AvgIpc) is 2.54.